The molecule has 1 aromatic rings. The van der Waals surface area contributed by atoms with Gasteiger partial charge in [-0.2, -0.15) is 0 Å². The predicted octanol–water partition coefficient (Wildman–Crippen LogP) is 4.08. The standard InChI is InChI=1S/C13H16BrNOS/c1-2-15-7-10-5-12(16-8-9-3-4-9)11(14)6-13(10)17-15/h5-6,9H,2-4,7-8H2,1H3. The first-order valence-electron chi connectivity index (χ1n) is 6.14. The predicted molar refractivity (Wildman–Crippen MR) is 74.3 cm³/mol. The van der Waals surface area contributed by atoms with E-state index in [0.717, 1.165) is 35.8 Å². The lowest BCUT2D eigenvalue weighted by atomic mass is 10.2. The molecule has 0 unspecified atom stereocenters. The summed E-state index contributed by atoms with van der Waals surface area (Å²) in [5.74, 6) is 1.81. The van der Waals surface area contributed by atoms with Gasteiger partial charge in [0, 0.05) is 18.0 Å². The van der Waals surface area contributed by atoms with Crippen molar-refractivity contribution < 1.29 is 4.74 Å². The molecule has 1 aliphatic carbocycles. The molecule has 1 saturated carbocycles. The summed E-state index contributed by atoms with van der Waals surface area (Å²) in [6.45, 7) is 5.18. The van der Waals surface area contributed by atoms with Crippen LogP contribution in [0.15, 0.2) is 21.5 Å². The van der Waals surface area contributed by atoms with Gasteiger partial charge in [0.2, 0.25) is 0 Å². The van der Waals surface area contributed by atoms with Crippen LogP contribution in [0.3, 0.4) is 0 Å². The molecule has 92 valence electrons. The van der Waals surface area contributed by atoms with Crippen LogP contribution >= 0.6 is 27.9 Å². The molecule has 0 saturated heterocycles. The van der Waals surface area contributed by atoms with Crippen molar-refractivity contribution in [2.75, 3.05) is 13.2 Å². The van der Waals surface area contributed by atoms with E-state index in [1.807, 2.05) is 11.9 Å². The highest BCUT2D eigenvalue weighted by Gasteiger charge is 2.24. The Bertz CT molecular complexity index is 434. The van der Waals surface area contributed by atoms with Gasteiger partial charge in [0.1, 0.15) is 5.75 Å². The van der Waals surface area contributed by atoms with Gasteiger partial charge in [0.05, 0.1) is 11.1 Å². The van der Waals surface area contributed by atoms with Crippen LogP contribution in [0.2, 0.25) is 0 Å². The van der Waals surface area contributed by atoms with Crippen molar-refractivity contribution in [3.63, 3.8) is 0 Å². The van der Waals surface area contributed by atoms with Gasteiger partial charge in [-0.15, -0.1) is 0 Å². The molecule has 0 N–H and O–H groups in total. The summed E-state index contributed by atoms with van der Waals surface area (Å²) < 4.78 is 9.33. The van der Waals surface area contributed by atoms with Gasteiger partial charge in [-0.3, -0.25) is 0 Å². The van der Waals surface area contributed by atoms with Crippen LogP contribution in [0, 0.1) is 5.92 Å². The fourth-order valence-electron chi connectivity index (χ4n) is 1.93. The molecule has 1 aromatic carbocycles. The fourth-order valence-corrected chi connectivity index (χ4v) is 3.56. The number of rotatable bonds is 4. The van der Waals surface area contributed by atoms with Crippen LogP contribution in [0.5, 0.6) is 5.75 Å². The van der Waals surface area contributed by atoms with Crippen molar-refractivity contribution in [2.24, 2.45) is 5.92 Å². The number of nitrogens with zero attached hydrogens (tertiary/aromatic N) is 1. The summed E-state index contributed by atoms with van der Waals surface area (Å²) in [6.07, 6.45) is 2.67. The summed E-state index contributed by atoms with van der Waals surface area (Å²) in [5, 5.41) is 0. The van der Waals surface area contributed by atoms with E-state index >= 15 is 0 Å². The number of benzene rings is 1. The van der Waals surface area contributed by atoms with Gasteiger partial charge >= 0.3 is 0 Å². The van der Waals surface area contributed by atoms with E-state index in [1.54, 1.807) is 0 Å². The Morgan fingerprint density at radius 2 is 2.29 bits per heavy atom. The van der Waals surface area contributed by atoms with E-state index in [0.29, 0.717) is 0 Å². The molecule has 1 fully saturated rings. The first-order chi connectivity index (χ1) is 8.26. The minimum absolute atomic E-state index is 0.802. The van der Waals surface area contributed by atoms with Crippen LogP contribution in [0.25, 0.3) is 0 Å². The highest BCUT2D eigenvalue weighted by atomic mass is 79.9. The third-order valence-electron chi connectivity index (χ3n) is 3.21. The van der Waals surface area contributed by atoms with Gasteiger partial charge in [-0.1, -0.05) is 6.92 Å². The van der Waals surface area contributed by atoms with Gasteiger partial charge in [-0.25, -0.2) is 4.31 Å². The third kappa shape index (κ3) is 2.64. The van der Waals surface area contributed by atoms with Crippen molar-refractivity contribution in [2.45, 2.75) is 31.2 Å². The van der Waals surface area contributed by atoms with Gasteiger partial charge in [0.15, 0.2) is 0 Å². The molecule has 2 nitrogen and oxygen atoms in total. The van der Waals surface area contributed by atoms with Crippen molar-refractivity contribution in [3.05, 3.63) is 22.2 Å². The van der Waals surface area contributed by atoms with Crippen LogP contribution in [0.1, 0.15) is 25.3 Å². The summed E-state index contributed by atoms with van der Waals surface area (Å²) in [5.41, 5.74) is 1.39. The Labute approximate surface area is 115 Å². The normalized spacial score (nSPS) is 19.4. The molecule has 0 atom stereocenters. The maximum Gasteiger partial charge on any atom is 0.133 e. The lowest BCUT2D eigenvalue weighted by Crippen LogP contribution is -2.07. The van der Waals surface area contributed by atoms with Gasteiger partial charge in [-0.05, 0) is 64.3 Å². The first-order valence-corrected chi connectivity index (χ1v) is 7.71. The average Bonchev–Trinajstić information content (AvgIpc) is 3.06. The molecule has 0 aromatic heterocycles. The van der Waals surface area contributed by atoms with Crippen molar-refractivity contribution >= 4 is 27.9 Å². The van der Waals surface area contributed by atoms with Crippen molar-refractivity contribution in [1.29, 1.82) is 0 Å². The Morgan fingerprint density at radius 3 is 3.00 bits per heavy atom. The summed E-state index contributed by atoms with van der Waals surface area (Å²) in [6, 6.07) is 4.39. The Kier molecular flexibility index (Phi) is 3.37. The molecule has 2 aliphatic rings. The van der Waals surface area contributed by atoms with E-state index in [4.69, 9.17) is 4.74 Å². The Balaban J connectivity index is 1.76. The Hall–Kier alpha value is -0.190. The Morgan fingerprint density at radius 1 is 1.47 bits per heavy atom. The minimum Gasteiger partial charge on any atom is -0.492 e. The molecular weight excluding hydrogens is 298 g/mol. The van der Waals surface area contributed by atoms with E-state index in [-0.39, 0.29) is 0 Å². The second-order valence-corrected chi connectivity index (χ2v) is 6.69. The first kappa shape index (κ1) is 11.9. The highest BCUT2D eigenvalue weighted by Crippen LogP contribution is 2.41. The molecule has 0 radical (unpaired) electrons. The van der Waals surface area contributed by atoms with E-state index in [9.17, 15) is 0 Å². The number of halogens is 1. The molecule has 0 spiro atoms. The zero-order chi connectivity index (χ0) is 11.8. The van der Waals surface area contributed by atoms with Crippen LogP contribution in [-0.2, 0) is 6.54 Å². The largest absolute Gasteiger partial charge is 0.492 e. The molecular formula is C13H16BrNOS. The SMILES string of the molecule is CCN1Cc2cc(OCC3CC3)c(Br)cc2S1. The van der Waals surface area contributed by atoms with Crippen LogP contribution in [-0.4, -0.2) is 17.5 Å². The van der Waals surface area contributed by atoms with Crippen molar-refractivity contribution in [3.8, 4) is 5.75 Å². The summed E-state index contributed by atoms with van der Waals surface area (Å²) >= 11 is 5.45. The molecule has 0 amide bonds. The highest BCUT2D eigenvalue weighted by molar-refractivity contribution is 9.10. The van der Waals surface area contributed by atoms with E-state index < -0.39 is 0 Å². The fraction of sp³-hybridized carbons (Fsp3) is 0.538. The number of ether oxygens (including phenoxy) is 1. The molecule has 1 heterocycles. The second kappa shape index (κ2) is 4.82. The topological polar surface area (TPSA) is 12.5 Å². The quantitative estimate of drug-likeness (QED) is 0.777. The smallest absolute Gasteiger partial charge is 0.133 e. The second-order valence-electron chi connectivity index (χ2n) is 4.69. The lowest BCUT2D eigenvalue weighted by molar-refractivity contribution is 0.297. The zero-order valence-electron chi connectivity index (χ0n) is 9.91. The average molecular weight is 314 g/mol. The van der Waals surface area contributed by atoms with Gasteiger partial charge < -0.3 is 4.74 Å². The molecule has 0 bridgehead atoms. The van der Waals surface area contributed by atoms with Crippen LogP contribution in [0.4, 0.5) is 0 Å². The number of hydrogen-bond donors (Lipinski definition) is 0. The number of fused-ring (bicyclic) bond motifs is 1. The van der Waals surface area contributed by atoms with E-state index in [1.165, 1.54) is 23.3 Å². The van der Waals surface area contributed by atoms with E-state index in [2.05, 4.69) is 39.3 Å². The monoisotopic (exact) mass is 313 g/mol. The molecule has 4 heteroatoms. The maximum atomic E-state index is 5.88. The van der Waals surface area contributed by atoms with Crippen molar-refractivity contribution in [1.82, 2.24) is 4.31 Å². The molecule has 17 heavy (non-hydrogen) atoms. The van der Waals surface area contributed by atoms with Crippen LogP contribution < -0.4 is 4.74 Å². The zero-order valence-corrected chi connectivity index (χ0v) is 12.3. The van der Waals surface area contributed by atoms with Gasteiger partial charge in [0.25, 0.3) is 0 Å². The summed E-state index contributed by atoms with van der Waals surface area (Å²) in [4.78, 5) is 1.36. The number of hydrogen-bond acceptors (Lipinski definition) is 3. The minimum atomic E-state index is 0.802. The third-order valence-corrected chi connectivity index (χ3v) is 5.06. The lowest BCUT2D eigenvalue weighted by Gasteiger charge is -2.09. The molecule has 3 rings (SSSR count). The molecule has 1 aliphatic heterocycles. The summed E-state index contributed by atoms with van der Waals surface area (Å²) in [7, 11) is 0. The maximum absolute atomic E-state index is 5.88.